The molecule has 5 nitrogen and oxygen atoms in total. The van der Waals surface area contributed by atoms with Gasteiger partial charge in [0.2, 0.25) is 0 Å². The van der Waals surface area contributed by atoms with Gasteiger partial charge in [0, 0.05) is 62.1 Å². The van der Waals surface area contributed by atoms with Gasteiger partial charge in [0.05, 0.1) is 11.4 Å². The highest BCUT2D eigenvalue weighted by atomic mass is 15.2. The Labute approximate surface area is 156 Å². The van der Waals surface area contributed by atoms with E-state index in [0.717, 1.165) is 42.3 Å². The molecule has 3 rings (SSSR count). The van der Waals surface area contributed by atoms with Gasteiger partial charge in [0.15, 0.2) is 0 Å². The lowest BCUT2D eigenvalue weighted by Crippen LogP contribution is -2.51. The van der Waals surface area contributed by atoms with Gasteiger partial charge >= 0.3 is 0 Å². The van der Waals surface area contributed by atoms with Crippen molar-refractivity contribution in [3.05, 3.63) is 53.6 Å². The molecule has 0 amide bonds. The standard InChI is InChI=1S/C21H29N5/c1-15(2)12-17-14-26(11-10-24-17)18-7-9-25-20(13-18)21(22-4)19-6-5-8-23-16(19)3/h5-9,13,15,17,24H,10-12,14H2,1-4H3. The zero-order valence-corrected chi connectivity index (χ0v) is 16.2. The second-order valence-electron chi connectivity index (χ2n) is 7.33. The Morgan fingerprint density at radius 3 is 2.88 bits per heavy atom. The van der Waals surface area contributed by atoms with Gasteiger partial charge in [-0.1, -0.05) is 13.8 Å². The molecule has 0 aromatic carbocycles. The van der Waals surface area contributed by atoms with Gasteiger partial charge in [-0.05, 0) is 43.5 Å². The van der Waals surface area contributed by atoms with Crippen molar-refractivity contribution in [3.8, 4) is 0 Å². The summed E-state index contributed by atoms with van der Waals surface area (Å²) in [6.07, 6.45) is 4.90. The number of rotatable bonds is 5. The fourth-order valence-corrected chi connectivity index (χ4v) is 3.64. The first kappa shape index (κ1) is 18.5. The van der Waals surface area contributed by atoms with Gasteiger partial charge in [-0.25, -0.2) is 0 Å². The van der Waals surface area contributed by atoms with Gasteiger partial charge in [-0.3, -0.25) is 15.0 Å². The molecule has 3 heterocycles. The predicted molar refractivity (Wildman–Crippen MR) is 108 cm³/mol. The fourth-order valence-electron chi connectivity index (χ4n) is 3.64. The lowest BCUT2D eigenvalue weighted by molar-refractivity contribution is 0.388. The molecule has 1 fully saturated rings. The molecule has 0 aliphatic carbocycles. The van der Waals surface area contributed by atoms with Crippen LogP contribution in [0, 0.1) is 12.8 Å². The number of anilines is 1. The second kappa shape index (κ2) is 8.41. The minimum absolute atomic E-state index is 0.542. The van der Waals surface area contributed by atoms with E-state index in [9.17, 15) is 0 Å². The maximum Gasteiger partial charge on any atom is 0.0918 e. The van der Waals surface area contributed by atoms with Crippen molar-refractivity contribution >= 4 is 11.4 Å². The van der Waals surface area contributed by atoms with Crippen LogP contribution in [0.2, 0.25) is 0 Å². The van der Waals surface area contributed by atoms with Crippen LogP contribution in [0.4, 0.5) is 5.69 Å². The van der Waals surface area contributed by atoms with Crippen LogP contribution in [0.25, 0.3) is 0 Å². The molecule has 2 aromatic rings. The topological polar surface area (TPSA) is 53.4 Å². The van der Waals surface area contributed by atoms with Gasteiger partial charge in [-0.15, -0.1) is 0 Å². The van der Waals surface area contributed by atoms with Crippen molar-refractivity contribution < 1.29 is 0 Å². The maximum absolute atomic E-state index is 4.59. The van der Waals surface area contributed by atoms with Crippen molar-refractivity contribution in [2.24, 2.45) is 10.9 Å². The molecule has 138 valence electrons. The lowest BCUT2D eigenvalue weighted by Gasteiger charge is -2.36. The van der Waals surface area contributed by atoms with E-state index in [1.807, 2.05) is 32.4 Å². The number of nitrogens with one attached hydrogen (secondary N) is 1. The van der Waals surface area contributed by atoms with E-state index < -0.39 is 0 Å². The number of aromatic nitrogens is 2. The van der Waals surface area contributed by atoms with E-state index in [1.165, 1.54) is 12.1 Å². The molecule has 26 heavy (non-hydrogen) atoms. The molecule has 1 unspecified atom stereocenters. The SMILES string of the molecule is CN=C(c1cc(N2CCNC(CC(C)C)C2)ccn1)c1cccnc1C. The number of pyridine rings is 2. The van der Waals surface area contributed by atoms with Crippen LogP contribution >= 0.6 is 0 Å². The summed E-state index contributed by atoms with van der Waals surface area (Å²) in [5.41, 5.74) is 5.02. The molecule has 5 heteroatoms. The van der Waals surface area contributed by atoms with Crippen molar-refractivity contribution in [2.45, 2.75) is 33.2 Å². The number of piperazine rings is 1. The predicted octanol–water partition coefficient (Wildman–Crippen LogP) is 3.08. The third-order valence-electron chi connectivity index (χ3n) is 4.85. The molecular weight excluding hydrogens is 322 g/mol. The molecule has 0 bridgehead atoms. The highest BCUT2D eigenvalue weighted by Crippen LogP contribution is 2.21. The number of hydrogen-bond acceptors (Lipinski definition) is 5. The van der Waals surface area contributed by atoms with E-state index in [1.54, 1.807) is 0 Å². The van der Waals surface area contributed by atoms with E-state index in [-0.39, 0.29) is 0 Å². The molecule has 1 aliphatic heterocycles. The van der Waals surface area contributed by atoms with Crippen LogP contribution in [-0.4, -0.2) is 48.4 Å². The van der Waals surface area contributed by atoms with E-state index in [0.29, 0.717) is 12.0 Å². The number of hydrogen-bond donors (Lipinski definition) is 1. The normalized spacial score (nSPS) is 18.4. The molecule has 1 N–H and O–H groups in total. The molecular formula is C21H29N5. The second-order valence-corrected chi connectivity index (χ2v) is 7.33. The molecule has 0 radical (unpaired) electrons. The van der Waals surface area contributed by atoms with E-state index in [4.69, 9.17) is 0 Å². The zero-order chi connectivity index (χ0) is 18.5. The van der Waals surface area contributed by atoms with Gasteiger partial charge in [0.1, 0.15) is 0 Å². The van der Waals surface area contributed by atoms with Crippen molar-refractivity contribution in [3.63, 3.8) is 0 Å². The van der Waals surface area contributed by atoms with Crippen molar-refractivity contribution in [2.75, 3.05) is 31.6 Å². The summed E-state index contributed by atoms with van der Waals surface area (Å²) in [6, 6.07) is 8.81. The first-order valence-electron chi connectivity index (χ1n) is 9.42. The summed E-state index contributed by atoms with van der Waals surface area (Å²) in [5.74, 6) is 0.702. The van der Waals surface area contributed by atoms with Crippen LogP contribution in [0.5, 0.6) is 0 Å². The lowest BCUT2D eigenvalue weighted by atomic mass is 10.0. The highest BCUT2D eigenvalue weighted by molar-refractivity contribution is 6.12. The minimum Gasteiger partial charge on any atom is -0.369 e. The number of nitrogens with zero attached hydrogens (tertiary/aromatic N) is 4. The van der Waals surface area contributed by atoms with Crippen LogP contribution in [0.3, 0.4) is 0 Å². The summed E-state index contributed by atoms with van der Waals surface area (Å²) in [5, 5.41) is 3.64. The Kier molecular flexibility index (Phi) is 5.99. The summed E-state index contributed by atoms with van der Waals surface area (Å²) in [6.45, 7) is 9.65. The molecule has 1 atom stereocenters. The zero-order valence-electron chi connectivity index (χ0n) is 16.2. The van der Waals surface area contributed by atoms with Crippen LogP contribution < -0.4 is 10.2 Å². The van der Waals surface area contributed by atoms with Gasteiger partial charge in [-0.2, -0.15) is 0 Å². The minimum atomic E-state index is 0.542. The Hall–Kier alpha value is -2.27. The van der Waals surface area contributed by atoms with Crippen LogP contribution in [0.15, 0.2) is 41.7 Å². The number of aliphatic imine (C=N–C) groups is 1. The summed E-state index contributed by atoms with van der Waals surface area (Å²) >= 11 is 0. The number of aryl methyl sites for hydroxylation is 1. The monoisotopic (exact) mass is 351 g/mol. The Morgan fingerprint density at radius 2 is 2.15 bits per heavy atom. The first-order chi connectivity index (χ1) is 12.6. The van der Waals surface area contributed by atoms with E-state index in [2.05, 4.69) is 57.2 Å². The average Bonchev–Trinajstić information content (AvgIpc) is 2.64. The van der Waals surface area contributed by atoms with Gasteiger partial charge in [0.25, 0.3) is 0 Å². The highest BCUT2D eigenvalue weighted by Gasteiger charge is 2.21. The molecule has 0 saturated carbocycles. The van der Waals surface area contributed by atoms with Crippen molar-refractivity contribution in [1.82, 2.24) is 15.3 Å². The molecule has 0 spiro atoms. The smallest absolute Gasteiger partial charge is 0.0918 e. The first-order valence-corrected chi connectivity index (χ1v) is 9.42. The molecule has 1 aliphatic rings. The van der Waals surface area contributed by atoms with Crippen molar-refractivity contribution in [1.29, 1.82) is 0 Å². The third-order valence-corrected chi connectivity index (χ3v) is 4.85. The quantitative estimate of drug-likeness (QED) is 0.841. The average molecular weight is 351 g/mol. The maximum atomic E-state index is 4.59. The molecule has 2 aromatic heterocycles. The molecule has 1 saturated heterocycles. The third kappa shape index (κ3) is 4.28. The summed E-state index contributed by atoms with van der Waals surface area (Å²) < 4.78 is 0. The summed E-state index contributed by atoms with van der Waals surface area (Å²) in [4.78, 5) is 16.0. The largest absolute Gasteiger partial charge is 0.369 e. The Balaban J connectivity index is 1.85. The Morgan fingerprint density at radius 1 is 1.31 bits per heavy atom. The van der Waals surface area contributed by atoms with Crippen LogP contribution in [0.1, 0.15) is 37.2 Å². The fraction of sp³-hybridized carbons (Fsp3) is 0.476. The Bertz CT molecular complexity index is 769. The van der Waals surface area contributed by atoms with E-state index >= 15 is 0 Å². The summed E-state index contributed by atoms with van der Waals surface area (Å²) in [7, 11) is 1.82. The van der Waals surface area contributed by atoms with Gasteiger partial charge < -0.3 is 10.2 Å². The van der Waals surface area contributed by atoms with Crippen LogP contribution in [-0.2, 0) is 0 Å².